The van der Waals surface area contributed by atoms with Crippen LogP contribution in [-0.4, -0.2) is 35.0 Å². The van der Waals surface area contributed by atoms with Crippen molar-refractivity contribution in [2.45, 2.75) is 19.4 Å². The van der Waals surface area contributed by atoms with E-state index in [4.69, 9.17) is 5.73 Å². The van der Waals surface area contributed by atoms with E-state index in [1.807, 2.05) is 11.8 Å². The van der Waals surface area contributed by atoms with Crippen molar-refractivity contribution in [1.29, 1.82) is 0 Å². The van der Waals surface area contributed by atoms with Gasteiger partial charge in [-0.3, -0.25) is 4.79 Å². The van der Waals surface area contributed by atoms with Gasteiger partial charge in [0, 0.05) is 18.2 Å². The van der Waals surface area contributed by atoms with Gasteiger partial charge in [0.05, 0.1) is 0 Å². The lowest BCUT2D eigenvalue weighted by Gasteiger charge is -2.21. The molecular formula is C13H18N2O2. The van der Waals surface area contributed by atoms with E-state index >= 15 is 0 Å². The van der Waals surface area contributed by atoms with E-state index in [1.165, 1.54) is 12.1 Å². The minimum absolute atomic E-state index is 0.0217. The second kappa shape index (κ2) is 4.75. The molecule has 1 saturated heterocycles. The number of carbonyl (C=O) groups excluding carboxylic acids is 1. The second-order valence-corrected chi connectivity index (χ2v) is 4.69. The molecule has 0 bridgehead atoms. The molecule has 0 aliphatic carbocycles. The molecule has 17 heavy (non-hydrogen) atoms. The molecule has 0 radical (unpaired) electrons. The number of benzene rings is 1. The van der Waals surface area contributed by atoms with Crippen LogP contribution in [0.1, 0.15) is 23.7 Å². The normalized spacial score (nSPS) is 24.0. The Morgan fingerprint density at radius 2 is 2.12 bits per heavy atom. The van der Waals surface area contributed by atoms with E-state index in [0.717, 1.165) is 13.0 Å². The van der Waals surface area contributed by atoms with Crippen molar-refractivity contribution in [2.75, 3.05) is 13.1 Å². The average Bonchev–Trinajstić information content (AvgIpc) is 2.71. The zero-order chi connectivity index (χ0) is 12.4. The molecule has 1 heterocycles. The number of nitrogens with two attached hydrogens (primary N) is 1. The van der Waals surface area contributed by atoms with E-state index in [1.54, 1.807) is 12.1 Å². The standard InChI is InChI=1S/C13H18N2O2/c1-9-6-10(7-14)8-15(9)13(17)11-2-4-12(16)5-3-11/h2-5,9-10,16H,6-8,14H2,1H3. The van der Waals surface area contributed by atoms with Crippen LogP contribution >= 0.6 is 0 Å². The first-order chi connectivity index (χ1) is 8.11. The number of carbonyl (C=O) groups is 1. The highest BCUT2D eigenvalue weighted by atomic mass is 16.3. The molecule has 92 valence electrons. The number of likely N-dealkylation sites (tertiary alicyclic amines) is 1. The van der Waals surface area contributed by atoms with Gasteiger partial charge in [0.1, 0.15) is 5.75 Å². The topological polar surface area (TPSA) is 66.6 Å². The zero-order valence-electron chi connectivity index (χ0n) is 9.97. The second-order valence-electron chi connectivity index (χ2n) is 4.69. The summed E-state index contributed by atoms with van der Waals surface area (Å²) in [6.07, 6.45) is 0.973. The van der Waals surface area contributed by atoms with Crippen LogP contribution in [0.4, 0.5) is 0 Å². The summed E-state index contributed by atoms with van der Waals surface area (Å²) in [5.74, 6) is 0.607. The van der Waals surface area contributed by atoms with Crippen LogP contribution in [0.3, 0.4) is 0 Å². The molecule has 1 amide bonds. The third-order valence-corrected chi connectivity index (χ3v) is 3.37. The predicted molar refractivity (Wildman–Crippen MR) is 65.8 cm³/mol. The van der Waals surface area contributed by atoms with Crippen LogP contribution < -0.4 is 5.73 Å². The minimum Gasteiger partial charge on any atom is -0.508 e. The van der Waals surface area contributed by atoms with Gasteiger partial charge in [0.15, 0.2) is 0 Å². The van der Waals surface area contributed by atoms with E-state index in [2.05, 4.69) is 0 Å². The number of hydrogen-bond acceptors (Lipinski definition) is 3. The van der Waals surface area contributed by atoms with Crippen molar-refractivity contribution in [3.8, 4) is 5.75 Å². The Hall–Kier alpha value is -1.55. The number of aromatic hydroxyl groups is 1. The fourth-order valence-corrected chi connectivity index (χ4v) is 2.37. The van der Waals surface area contributed by atoms with Crippen molar-refractivity contribution in [3.05, 3.63) is 29.8 Å². The molecule has 4 heteroatoms. The van der Waals surface area contributed by atoms with E-state index in [0.29, 0.717) is 18.0 Å². The summed E-state index contributed by atoms with van der Waals surface area (Å²) in [6.45, 7) is 3.41. The van der Waals surface area contributed by atoms with Crippen LogP contribution in [0, 0.1) is 5.92 Å². The Morgan fingerprint density at radius 1 is 1.47 bits per heavy atom. The lowest BCUT2D eigenvalue weighted by molar-refractivity contribution is 0.0743. The molecule has 0 saturated carbocycles. The molecule has 0 aromatic heterocycles. The van der Waals surface area contributed by atoms with Crippen molar-refractivity contribution < 1.29 is 9.90 Å². The highest BCUT2D eigenvalue weighted by molar-refractivity contribution is 5.94. The average molecular weight is 234 g/mol. The first-order valence-corrected chi connectivity index (χ1v) is 5.92. The largest absolute Gasteiger partial charge is 0.508 e. The molecule has 1 aromatic rings. The van der Waals surface area contributed by atoms with Crippen LogP contribution in [-0.2, 0) is 0 Å². The summed E-state index contributed by atoms with van der Waals surface area (Å²) >= 11 is 0. The van der Waals surface area contributed by atoms with Gasteiger partial charge in [-0.1, -0.05) is 0 Å². The molecule has 1 fully saturated rings. The Kier molecular flexibility index (Phi) is 3.33. The number of phenolic OH excluding ortho intramolecular Hbond substituents is 1. The summed E-state index contributed by atoms with van der Waals surface area (Å²) in [6, 6.07) is 6.62. The fraction of sp³-hybridized carbons (Fsp3) is 0.462. The summed E-state index contributed by atoms with van der Waals surface area (Å²) in [5, 5.41) is 9.19. The van der Waals surface area contributed by atoms with Gasteiger partial charge in [-0.15, -0.1) is 0 Å². The van der Waals surface area contributed by atoms with Crippen molar-refractivity contribution in [3.63, 3.8) is 0 Å². The van der Waals surface area contributed by atoms with Gasteiger partial charge in [-0.05, 0) is 50.1 Å². The molecule has 2 atom stereocenters. The predicted octanol–water partition coefficient (Wildman–Crippen LogP) is 1.20. The molecular weight excluding hydrogens is 216 g/mol. The molecule has 0 spiro atoms. The van der Waals surface area contributed by atoms with Gasteiger partial charge in [0.2, 0.25) is 0 Å². The van der Waals surface area contributed by atoms with Crippen LogP contribution in [0.5, 0.6) is 5.75 Å². The Balaban J connectivity index is 2.12. The van der Waals surface area contributed by atoms with Crippen LogP contribution in [0.15, 0.2) is 24.3 Å². The maximum atomic E-state index is 12.2. The first kappa shape index (κ1) is 11.9. The maximum Gasteiger partial charge on any atom is 0.254 e. The fourth-order valence-electron chi connectivity index (χ4n) is 2.37. The Morgan fingerprint density at radius 3 is 2.65 bits per heavy atom. The third kappa shape index (κ3) is 2.42. The molecule has 1 aliphatic rings. The summed E-state index contributed by atoms with van der Waals surface area (Å²) in [7, 11) is 0. The highest BCUT2D eigenvalue weighted by Crippen LogP contribution is 2.24. The molecule has 3 N–H and O–H groups in total. The van der Waals surface area contributed by atoms with Gasteiger partial charge in [-0.2, -0.15) is 0 Å². The monoisotopic (exact) mass is 234 g/mol. The highest BCUT2D eigenvalue weighted by Gasteiger charge is 2.31. The third-order valence-electron chi connectivity index (χ3n) is 3.37. The van der Waals surface area contributed by atoms with Gasteiger partial charge in [0.25, 0.3) is 5.91 Å². The number of rotatable bonds is 2. The summed E-state index contributed by atoms with van der Waals surface area (Å²) in [4.78, 5) is 14.1. The first-order valence-electron chi connectivity index (χ1n) is 5.92. The van der Waals surface area contributed by atoms with E-state index in [9.17, 15) is 9.90 Å². The molecule has 1 aromatic carbocycles. The Bertz CT molecular complexity index is 402. The van der Waals surface area contributed by atoms with Crippen LogP contribution in [0.2, 0.25) is 0 Å². The van der Waals surface area contributed by atoms with Gasteiger partial charge < -0.3 is 15.7 Å². The number of phenols is 1. The molecule has 1 aliphatic heterocycles. The van der Waals surface area contributed by atoms with Crippen LogP contribution in [0.25, 0.3) is 0 Å². The number of amides is 1. The maximum absolute atomic E-state index is 12.2. The molecule has 2 unspecified atom stereocenters. The van der Waals surface area contributed by atoms with Gasteiger partial charge >= 0.3 is 0 Å². The quantitative estimate of drug-likeness (QED) is 0.808. The molecule has 2 rings (SSSR count). The lowest BCUT2D eigenvalue weighted by atomic mass is 10.1. The summed E-state index contributed by atoms with van der Waals surface area (Å²) < 4.78 is 0. The zero-order valence-corrected chi connectivity index (χ0v) is 9.97. The number of nitrogens with zero attached hydrogens (tertiary/aromatic N) is 1. The van der Waals surface area contributed by atoms with E-state index in [-0.39, 0.29) is 17.7 Å². The molecule has 4 nitrogen and oxygen atoms in total. The SMILES string of the molecule is CC1CC(CN)CN1C(=O)c1ccc(O)cc1. The Labute approximate surface area is 101 Å². The number of hydrogen-bond donors (Lipinski definition) is 2. The van der Waals surface area contributed by atoms with Crippen molar-refractivity contribution in [2.24, 2.45) is 11.7 Å². The summed E-state index contributed by atoms with van der Waals surface area (Å²) in [5.41, 5.74) is 6.26. The smallest absolute Gasteiger partial charge is 0.254 e. The minimum atomic E-state index is 0.0217. The van der Waals surface area contributed by atoms with Gasteiger partial charge in [-0.25, -0.2) is 0 Å². The van der Waals surface area contributed by atoms with Crippen molar-refractivity contribution >= 4 is 5.91 Å². The van der Waals surface area contributed by atoms with E-state index < -0.39 is 0 Å². The van der Waals surface area contributed by atoms with Crippen molar-refractivity contribution in [1.82, 2.24) is 4.90 Å². The lowest BCUT2D eigenvalue weighted by Crippen LogP contribution is -2.34.